The third-order valence-corrected chi connectivity index (χ3v) is 8.08. The highest BCUT2D eigenvalue weighted by Gasteiger charge is 2.54. The topological polar surface area (TPSA) is 104 Å². The van der Waals surface area contributed by atoms with Gasteiger partial charge in [0.2, 0.25) is 11.8 Å². The largest absolute Gasteiger partial charge is 0.326 e. The molecule has 0 saturated heterocycles. The van der Waals surface area contributed by atoms with Crippen molar-refractivity contribution in [2.75, 3.05) is 5.32 Å². The Morgan fingerprint density at radius 3 is 2.33 bits per heavy atom. The van der Waals surface area contributed by atoms with Crippen LogP contribution in [-0.2, 0) is 26.0 Å². The molecule has 6 rings (SSSR count). The quantitative estimate of drug-likeness (QED) is 0.682. The lowest BCUT2D eigenvalue weighted by Crippen LogP contribution is -2.56. The summed E-state index contributed by atoms with van der Waals surface area (Å²) in [6, 6.07) is 4.49. The molecule has 1 heterocycles. The predicted molar refractivity (Wildman–Crippen MR) is 97.8 cm³/mol. The number of hydrazine groups is 1. The molecule has 1 aromatic carbocycles. The summed E-state index contributed by atoms with van der Waals surface area (Å²) >= 11 is 0. The van der Waals surface area contributed by atoms with E-state index in [4.69, 9.17) is 0 Å². The minimum atomic E-state index is -3.89. The van der Waals surface area contributed by atoms with Crippen molar-refractivity contribution >= 4 is 27.5 Å². The maximum atomic E-state index is 12.9. The molecular formula is C19H23N3O4S. The fourth-order valence-electron chi connectivity index (χ4n) is 6.07. The van der Waals surface area contributed by atoms with Crippen LogP contribution < -0.4 is 15.6 Å². The summed E-state index contributed by atoms with van der Waals surface area (Å²) in [5.74, 6) is 1.49. The highest BCUT2D eigenvalue weighted by molar-refractivity contribution is 7.89. The van der Waals surface area contributed by atoms with Crippen molar-refractivity contribution in [2.24, 2.45) is 23.2 Å². The molecule has 4 saturated carbocycles. The summed E-state index contributed by atoms with van der Waals surface area (Å²) in [4.78, 5) is 26.7. The Morgan fingerprint density at radius 2 is 1.70 bits per heavy atom. The van der Waals surface area contributed by atoms with E-state index in [9.17, 15) is 18.0 Å². The highest BCUT2D eigenvalue weighted by Crippen LogP contribution is 2.60. The third-order valence-electron chi connectivity index (χ3n) is 6.83. The first kappa shape index (κ1) is 17.2. The molecule has 0 aromatic heterocycles. The molecule has 2 amide bonds. The van der Waals surface area contributed by atoms with Gasteiger partial charge in [0.1, 0.15) is 0 Å². The number of benzene rings is 1. The molecule has 4 bridgehead atoms. The Bertz CT molecular complexity index is 905. The van der Waals surface area contributed by atoms with E-state index in [2.05, 4.69) is 15.6 Å². The molecule has 144 valence electrons. The number of hydrogen-bond acceptors (Lipinski definition) is 4. The van der Waals surface area contributed by atoms with E-state index >= 15 is 0 Å². The molecule has 7 nitrogen and oxygen atoms in total. The molecule has 8 heteroatoms. The van der Waals surface area contributed by atoms with Gasteiger partial charge in [0, 0.05) is 5.69 Å². The SMILES string of the molecule is O=C1Cc2cc(S(=O)(=O)NNC(=O)C34CC5CC(CC(C5)C3)C4)ccc2N1. The number of carbonyl (C=O) groups excluding carboxylic acids is 2. The average molecular weight is 389 g/mol. The molecule has 27 heavy (non-hydrogen) atoms. The lowest BCUT2D eigenvalue weighted by Gasteiger charge is -2.55. The van der Waals surface area contributed by atoms with Crippen LogP contribution in [0, 0.1) is 23.2 Å². The number of rotatable bonds is 4. The van der Waals surface area contributed by atoms with Gasteiger partial charge >= 0.3 is 0 Å². The molecular weight excluding hydrogens is 366 g/mol. The molecule has 0 radical (unpaired) electrons. The van der Waals surface area contributed by atoms with Gasteiger partial charge in [-0.25, -0.2) is 8.42 Å². The van der Waals surface area contributed by atoms with E-state index in [1.807, 2.05) is 0 Å². The maximum absolute atomic E-state index is 12.9. The predicted octanol–water partition coefficient (Wildman–Crippen LogP) is 1.71. The molecule has 5 aliphatic rings. The van der Waals surface area contributed by atoms with E-state index in [1.54, 1.807) is 6.07 Å². The lowest BCUT2D eigenvalue weighted by molar-refractivity contribution is -0.146. The molecule has 3 N–H and O–H groups in total. The second kappa shape index (κ2) is 5.78. The maximum Gasteiger partial charge on any atom is 0.257 e. The van der Waals surface area contributed by atoms with Gasteiger partial charge in [-0.2, -0.15) is 0 Å². The number of nitrogens with one attached hydrogen (secondary N) is 3. The molecule has 0 spiro atoms. The number of sulfonamides is 1. The Kier molecular flexibility index (Phi) is 3.68. The van der Waals surface area contributed by atoms with Crippen LogP contribution in [0.25, 0.3) is 0 Å². The number of carbonyl (C=O) groups is 2. The fourth-order valence-corrected chi connectivity index (χ4v) is 6.96. The van der Waals surface area contributed by atoms with Crippen molar-refractivity contribution in [1.29, 1.82) is 0 Å². The normalized spacial score (nSPS) is 33.6. The summed E-state index contributed by atoms with van der Waals surface area (Å²) < 4.78 is 25.2. The first-order valence-corrected chi connectivity index (χ1v) is 11.1. The van der Waals surface area contributed by atoms with Crippen LogP contribution in [0.1, 0.15) is 44.1 Å². The fraction of sp³-hybridized carbons (Fsp3) is 0.579. The van der Waals surface area contributed by atoms with E-state index in [0.717, 1.165) is 19.3 Å². The van der Waals surface area contributed by atoms with Crippen molar-refractivity contribution < 1.29 is 18.0 Å². The van der Waals surface area contributed by atoms with Crippen LogP contribution >= 0.6 is 0 Å². The van der Waals surface area contributed by atoms with Gasteiger partial charge in [0.25, 0.3) is 10.0 Å². The molecule has 4 fully saturated rings. The summed E-state index contributed by atoms with van der Waals surface area (Å²) in [6.45, 7) is 0. The number of anilines is 1. The Hall–Kier alpha value is -1.93. The van der Waals surface area contributed by atoms with Gasteiger partial charge in [-0.05, 0) is 80.0 Å². The number of fused-ring (bicyclic) bond motifs is 1. The Labute approximate surface area is 158 Å². The summed E-state index contributed by atoms with van der Waals surface area (Å²) in [5, 5.41) is 2.68. The minimum absolute atomic E-state index is 0.0450. The van der Waals surface area contributed by atoms with Crippen LogP contribution in [0.3, 0.4) is 0 Å². The molecule has 0 atom stereocenters. The Balaban J connectivity index is 1.30. The first-order valence-electron chi connectivity index (χ1n) is 9.58. The summed E-state index contributed by atoms with van der Waals surface area (Å²) in [6.07, 6.45) is 6.45. The first-order chi connectivity index (χ1) is 12.8. The summed E-state index contributed by atoms with van der Waals surface area (Å²) in [7, 11) is -3.89. The van der Waals surface area contributed by atoms with Gasteiger partial charge in [-0.3, -0.25) is 15.0 Å². The summed E-state index contributed by atoms with van der Waals surface area (Å²) in [5.41, 5.74) is 3.37. The monoisotopic (exact) mass is 389 g/mol. The third kappa shape index (κ3) is 2.86. The van der Waals surface area contributed by atoms with Crippen LogP contribution in [-0.4, -0.2) is 20.2 Å². The van der Waals surface area contributed by atoms with Gasteiger partial charge < -0.3 is 5.32 Å². The second-order valence-corrected chi connectivity index (χ2v) is 10.5. The van der Waals surface area contributed by atoms with Crippen LogP contribution in [0.2, 0.25) is 0 Å². The number of hydrogen-bond donors (Lipinski definition) is 3. The minimum Gasteiger partial charge on any atom is -0.326 e. The zero-order valence-corrected chi connectivity index (χ0v) is 15.8. The van der Waals surface area contributed by atoms with E-state index in [-0.39, 0.29) is 23.1 Å². The van der Waals surface area contributed by atoms with E-state index in [0.29, 0.717) is 29.0 Å². The Morgan fingerprint density at radius 1 is 1.07 bits per heavy atom. The van der Waals surface area contributed by atoms with Crippen molar-refractivity contribution in [3.8, 4) is 0 Å². The second-order valence-electron chi connectivity index (χ2n) is 8.80. The van der Waals surface area contributed by atoms with Crippen molar-refractivity contribution in [1.82, 2.24) is 10.3 Å². The smallest absolute Gasteiger partial charge is 0.257 e. The molecule has 0 unspecified atom stereocenters. The lowest BCUT2D eigenvalue weighted by atomic mass is 9.49. The van der Waals surface area contributed by atoms with Crippen molar-refractivity contribution in [2.45, 2.75) is 49.8 Å². The van der Waals surface area contributed by atoms with Gasteiger partial charge in [-0.1, -0.05) is 0 Å². The van der Waals surface area contributed by atoms with Crippen LogP contribution in [0.15, 0.2) is 23.1 Å². The van der Waals surface area contributed by atoms with Crippen LogP contribution in [0.4, 0.5) is 5.69 Å². The van der Waals surface area contributed by atoms with E-state index in [1.165, 1.54) is 31.4 Å². The van der Waals surface area contributed by atoms with Gasteiger partial charge in [-0.15, -0.1) is 4.83 Å². The molecule has 1 aromatic rings. The molecule has 1 aliphatic heterocycles. The highest BCUT2D eigenvalue weighted by atomic mass is 32.2. The van der Waals surface area contributed by atoms with Gasteiger partial charge in [0.15, 0.2) is 0 Å². The van der Waals surface area contributed by atoms with Crippen molar-refractivity contribution in [3.63, 3.8) is 0 Å². The van der Waals surface area contributed by atoms with Crippen molar-refractivity contribution in [3.05, 3.63) is 23.8 Å². The molecule has 4 aliphatic carbocycles. The van der Waals surface area contributed by atoms with Crippen LogP contribution in [0.5, 0.6) is 0 Å². The zero-order valence-electron chi connectivity index (χ0n) is 15.0. The average Bonchev–Trinajstić information content (AvgIpc) is 2.97. The van der Waals surface area contributed by atoms with E-state index < -0.39 is 15.4 Å². The van der Waals surface area contributed by atoms with Gasteiger partial charge in [0.05, 0.1) is 16.7 Å². The number of amides is 2. The zero-order chi connectivity index (χ0) is 18.8. The standard InChI is InChI=1S/C19H23N3O4S/c23-17-7-14-6-15(1-2-16(14)20-17)27(25,26)22-21-18(24)19-8-11-3-12(9-19)5-13(4-11)10-19/h1-2,6,11-13,22H,3-5,7-10H2,(H,20,23)(H,21,24).